The number of nitrogens with one attached hydrogen (secondary N) is 1. The summed E-state index contributed by atoms with van der Waals surface area (Å²) in [5.74, 6) is -0.179. The highest BCUT2D eigenvalue weighted by Crippen LogP contribution is 2.66. The Hall–Kier alpha value is -1.17. The van der Waals surface area contributed by atoms with Crippen LogP contribution in [0.25, 0.3) is 11.2 Å². The predicted octanol–water partition coefficient (Wildman–Crippen LogP) is -1.22. The molecule has 1 fully saturated rings. The Bertz CT molecular complexity index is 1280. The molecule has 0 spiro atoms. The number of hydrogen-bond acceptors (Lipinski definition) is 13. The van der Waals surface area contributed by atoms with Gasteiger partial charge in [0, 0.05) is 0 Å². The van der Waals surface area contributed by atoms with E-state index in [-0.39, 0.29) is 17.1 Å². The van der Waals surface area contributed by atoms with E-state index in [1.807, 2.05) is 0 Å². The molecule has 2 aliphatic heterocycles. The van der Waals surface area contributed by atoms with Gasteiger partial charge in [0.2, 0.25) is 5.95 Å². The third kappa shape index (κ3) is 4.71. The molecule has 18 nitrogen and oxygen atoms in total. The lowest BCUT2D eigenvalue weighted by molar-refractivity contribution is -0.0439. The van der Waals surface area contributed by atoms with Crippen LogP contribution in [0.5, 0.6) is 0 Å². The first kappa shape index (κ1) is 24.0. The van der Waals surface area contributed by atoms with Gasteiger partial charge in [0.25, 0.3) is 5.56 Å². The van der Waals surface area contributed by atoms with Crippen LogP contribution in [-0.2, 0) is 31.6 Å². The zero-order valence-corrected chi connectivity index (χ0v) is 18.7. The van der Waals surface area contributed by atoms with Gasteiger partial charge in [0.1, 0.15) is 6.10 Å². The number of aliphatic hydroxyl groups is 1. The van der Waals surface area contributed by atoms with Gasteiger partial charge in [-0.05, 0) is 0 Å². The second kappa shape index (κ2) is 7.95. The Morgan fingerprint density at radius 1 is 1.16 bits per heavy atom. The molecule has 0 saturated carbocycles. The monoisotopic (exact) mass is 537 g/mol. The van der Waals surface area contributed by atoms with Crippen molar-refractivity contribution in [3.63, 3.8) is 0 Å². The molecule has 0 bridgehead atoms. The van der Waals surface area contributed by atoms with Crippen LogP contribution in [0.4, 0.5) is 5.95 Å². The molecule has 4 rings (SSSR count). The number of phosphoric ester groups is 1. The van der Waals surface area contributed by atoms with Crippen molar-refractivity contribution < 1.29 is 56.3 Å². The molecule has 22 heteroatoms. The summed E-state index contributed by atoms with van der Waals surface area (Å²) in [6.45, 7) is -0.837. The number of anilines is 1. The molecule has 2 unspecified atom stereocenters. The maximum atomic E-state index is 12.0. The number of aromatic amines is 1. The molecule has 1 saturated heterocycles. The van der Waals surface area contributed by atoms with E-state index >= 15 is 0 Å². The van der Waals surface area contributed by atoms with Gasteiger partial charge in [-0.2, -0.15) is 13.6 Å². The van der Waals surface area contributed by atoms with E-state index in [9.17, 15) is 28.5 Å². The van der Waals surface area contributed by atoms with Crippen LogP contribution in [0.2, 0.25) is 0 Å². The molecule has 2 aliphatic rings. The molecular formula is C10H14N5O13P3S. The van der Waals surface area contributed by atoms with Crippen LogP contribution in [0.1, 0.15) is 6.23 Å². The fraction of sp³-hybridized carbons (Fsp3) is 0.500. The molecule has 6 atom stereocenters. The molecule has 2 aromatic heterocycles. The fourth-order valence-electron chi connectivity index (χ4n) is 3.08. The number of rotatable bonds is 7. The van der Waals surface area contributed by atoms with Crippen molar-refractivity contribution in [2.45, 2.75) is 28.8 Å². The number of aliphatic hydroxyl groups excluding tert-OH is 1. The Morgan fingerprint density at radius 3 is 2.50 bits per heavy atom. The summed E-state index contributed by atoms with van der Waals surface area (Å²) in [7, 11) is -16.6. The number of H-pyrrole nitrogens is 1. The topological polar surface area (TPSA) is 279 Å². The summed E-state index contributed by atoms with van der Waals surface area (Å²) in [6, 6.07) is 0. The second-order valence-corrected chi connectivity index (χ2v) is 12.0. The van der Waals surface area contributed by atoms with Crippen molar-refractivity contribution >= 4 is 52.3 Å². The van der Waals surface area contributed by atoms with Crippen LogP contribution in [0.3, 0.4) is 0 Å². The first-order valence-electron chi connectivity index (χ1n) is 8.22. The first-order valence-corrected chi connectivity index (χ1v) is 13.6. The molecule has 4 heterocycles. The van der Waals surface area contributed by atoms with Crippen molar-refractivity contribution in [2.24, 2.45) is 0 Å². The van der Waals surface area contributed by atoms with Crippen molar-refractivity contribution in [1.82, 2.24) is 19.5 Å². The zero-order valence-electron chi connectivity index (χ0n) is 15.2. The van der Waals surface area contributed by atoms with Gasteiger partial charge in [-0.1, -0.05) is 11.8 Å². The Balaban J connectivity index is 1.47. The van der Waals surface area contributed by atoms with E-state index in [0.29, 0.717) is 5.16 Å². The fourth-order valence-corrected chi connectivity index (χ4v) is 7.42. The van der Waals surface area contributed by atoms with Crippen LogP contribution >= 0.6 is 35.2 Å². The number of hydrogen-bond donors (Lipinski definition) is 7. The van der Waals surface area contributed by atoms with Gasteiger partial charge in [-0.15, -0.1) is 0 Å². The highest BCUT2D eigenvalue weighted by Gasteiger charge is 2.52. The van der Waals surface area contributed by atoms with Crippen LogP contribution < -0.4 is 11.3 Å². The molecule has 8 N–H and O–H groups in total. The van der Waals surface area contributed by atoms with E-state index in [1.165, 1.54) is 4.57 Å². The van der Waals surface area contributed by atoms with Gasteiger partial charge in [-0.25, -0.2) is 18.7 Å². The van der Waals surface area contributed by atoms with E-state index in [0.717, 1.165) is 11.8 Å². The minimum absolute atomic E-state index is 0.0186. The minimum atomic E-state index is -5.68. The Labute approximate surface area is 180 Å². The number of phosphoric acid groups is 3. The number of ether oxygens (including phenoxy) is 1. The Kier molecular flexibility index (Phi) is 5.96. The molecule has 0 aromatic carbocycles. The molecule has 0 amide bonds. The minimum Gasteiger partial charge on any atom is -0.389 e. The summed E-state index contributed by atoms with van der Waals surface area (Å²) >= 11 is 1.04. The third-order valence-electron chi connectivity index (χ3n) is 4.16. The third-order valence-corrected chi connectivity index (χ3v) is 9.25. The van der Waals surface area contributed by atoms with Crippen LogP contribution in [0.15, 0.2) is 9.95 Å². The molecular weight excluding hydrogens is 523 g/mol. The SMILES string of the molecule is Nc1nc2c(nc3n2[C@@H]2O[C@H](COP(=O)(O)OP(=O)(O)OP(=O)(O)O)[C@H](O)[C@@H]2S3)c(=O)[nH]1. The summed E-state index contributed by atoms with van der Waals surface area (Å²) in [6.07, 6.45) is -3.47. The quantitative estimate of drug-likeness (QED) is 0.204. The Morgan fingerprint density at radius 2 is 1.84 bits per heavy atom. The maximum absolute atomic E-state index is 12.0. The zero-order chi connectivity index (χ0) is 23.6. The maximum Gasteiger partial charge on any atom is 0.490 e. The highest BCUT2D eigenvalue weighted by molar-refractivity contribution is 8.00. The lowest BCUT2D eigenvalue weighted by Crippen LogP contribution is -2.31. The van der Waals surface area contributed by atoms with Gasteiger partial charge >= 0.3 is 23.5 Å². The number of nitrogens with zero attached hydrogens (tertiary/aromatic N) is 3. The normalized spacial score (nSPS) is 28.9. The summed E-state index contributed by atoms with van der Waals surface area (Å²) in [4.78, 5) is 58.2. The number of aromatic nitrogens is 4. The molecule has 178 valence electrons. The van der Waals surface area contributed by atoms with E-state index in [4.69, 9.17) is 25.2 Å². The number of imidazole rings is 1. The molecule has 0 radical (unpaired) electrons. The van der Waals surface area contributed by atoms with Gasteiger partial charge in [-0.3, -0.25) is 18.9 Å². The standard InChI is InChI=1S/C10H14N5O13P3S/c11-9-13-6-3(7(17)14-9)12-10-15(6)8-5(32-10)4(16)2(26-8)1-25-30(21,22)28-31(23,24)27-29(18,19)20/h2,4-5,8,16H,1H2,(H,21,22)(H,23,24)(H2,18,19,20)(H3,11,13,14,17)/t2-,4+,5+,8-/m1/s1. The number of fused-ring (bicyclic) bond motifs is 5. The summed E-state index contributed by atoms with van der Waals surface area (Å²) in [5.41, 5.74) is 5.03. The average Bonchev–Trinajstić information content (AvgIpc) is 3.20. The molecule has 32 heavy (non-hydrogen) atoms. The second-order valence-electron chi connectivity index (χ2n) is 6.41. The molecule has 2 aromatic rings. The van der Waals surface area contributed by atoms with E-state index in [1.54, 1.807) is 0 Å². The van der Waals surface area contributed by atoms with E-state index < -0.39 is 59.3 Å². The van der Waals surface area contributed by atoms with E-state index in [2.05, 4.69) is 28.1 Å². The number of nitrogen functional groups attached to an aromatic ring is 1. The first-order chi connectivity index (χ1) is 14.7. The number of thioether (sulfide) groups is 1. The van der Waals surface area contributed by atoms with Gasteiger partial charge in [0.05, 0.1) is 18.0 Å². The van der Waals surface area contributed by atoms with Gasteiger partial charge < -0.3 is 35.2 Å². The summed E-state index contributed by atoms with van der Waals surface area (Å²) in [5, 5.41) is 10.1. The van der Waals surface area contributed by atoms with Crippen molar-refractivity contribution in [2.75, 3.05) is 12.3 Å². The lowest BCUT2D eigenvalue weighted by atomic mass is 10.2. The highest BCUT2D eigenvalue weighted by atomic mass is 32.2. The van der Waals surface area contributed by atoms with Gasteiger partial charge in [0.15, 0.2) is 22.5 Å². The number of nitrogens with two attached hydrogens (primary N) is 1. The molecule has 0 aliphatic carbocycles. The van der Waals surface area contributed by atoms with Crippen molar-refractivity contribution in [3.05, 3.63) is 10.4 Å². The average molecular weight is 537 g/mol. The summed E-state index contributed by atoms with van der Waals surface area (Å²) < 4.78 is 52.6. The lowest BCUT2D eigenvalue weighted by Gasteiger charge is -2.19. The largest absolute Gasteiger partial charge is 0.490 e. The van der Waals surface area contributed by atoms with Crippen molar-refractivity contribution in [3.8, 4) is 0 Å². The van der Waals surface area contributed by atoms with Crippen molar-refractivity contribution in [1.29, 1.82) is 0 Å². The smallest absolute Gasteiger partial charge is 0.389 e. The predicted molar refractivity (Wildman–Crippen MR) is 102 cm³/mol. The van der Waals surface area contributed by atoms with Crippen LogP contribution in [0, 0.1) is 0 Å². The van der Waals surface area contributed by atoms with Crippen LogP contribution in [-0.4, -0.2) is 68.3 Å².